The molecule has 1 heteroatoms. The lowest BCUT2D eigenvalue weighted by Crippen LogP contribution is -2.09. The molecule has 0 aromatic rings. The molecule has 0 unspecified atom stereocenters. The fourth-order valence-corrected chi connectivity index (χ4v) is 1.12. The third-order valence-corrected chi connectivity index (χ3v) is 2.08. The van der Waals surface area contributed by atoms with Crippen molar-refractivity contribution in [1.29, 1.82) is 0 Å². The van der Waals surface area contributed by atoms with Gasteiger partial charge in [-0.15, -0.1) is 0 Å². The minimum atomic E-state index is 1.14. The first-order chi connectivity index (χ1) is 4.61. The van der Waals surface area contributed by atoms with E-state index in [0.29, 0.717) is 0 Å². The zero-order valence-corrected chi connectivity index (χ0v) is 7.23. The molecule has 1 nitrogen and oxygen atoms in total. The smallest absolute Gasteiger partial charge is 0.0171 e. The normalized spacial score (nSPS) is 17.8. The fraction of sp³-hybridized carbons (Fsp3) is 0.556. The van der Waals surface area contributed by atoms with Gasteiger partial charge in [-0.25, -0.2) is 0 Å². The van der Waals surface area contributed by atoms with E-state index in [1.807, 2.05) is 0 Å². The number of hydrogen-bond donors (Lipinski definition) is 0. The van der Waals surface area contributed by atoms with Crippen LogP contribution in [0.1, 0.15) is 20.3 Å². The largest absolute Gasteiger partial charge is 0.381 e. The van der Waals surface area contributed by atoms with E-state index in [1.165, 1.54) is 16.8 Å². The fourth-order valence-electron chi connectivity index (χ4n) is 1.12. The van der Waals surface area contributed by atoms with Gasteiger partial charge < -0.3 is 4.90 Å². The van der Waals surface area contributed by atoms with Gasteiger partial charge in [0.25, 0.3) is 0 Å². The molecule has 0 atom stereocenters. The van der Waals surface area contributed by atoms with Crippen molar-refractivity contribution in [2.24, 2.45) is 0 Å². The molecule has 1 rings (SSSR count). The molecule has 56 valence electrons. The van der Waals surface area contributed by atoms with Crippen molar-refractivity contribution in [2.45, 2.75) is 20.3 Å². The highest BCUT2D eigenvalue weighted by Crippen LogP contribution is 2.25. The van der Waals surface area contributed by atoms with Crippen LogP contribution in [-0.4, -0.2) is 19.0 Å². The van der Waals surface area contributed by atoms with Crippen molar-refractivity contribution < 1.29 is 0 Å². The maximum atomic E-state index is 2.26. The predicted octanol–water partition coefficient (Wildman–Crippen LogP) is 2.17. The highest BCUT2D eigenvalue weighted by atomic mass is 15.1. The van der Waals surface area contributed by atoms with Gasteiger partial charge in [0.1, 0.15) is 0 Å². The summed E-state index contributed by atoms with van der Waals surface area (Å²) in [5, 5.41) is 0. The number of allylic oxidation sites excluding steroid dienone is 3. The maximum absolute atomic E-state index is 2.26. The van der Waals surface area contributed by atoms with Crippen molar-refractivity contribution in [1.82, 2.24) is 4.90 Å². The minimum absolute atomic E-state index is 1.14. The summed E-state index contributed by atoms with van der Waals surface area (Å²) < 4.78 is 0. The number of nitrogens with zero attached hydrogens (tertiary/aromatic N) is 1. The molecule has 0 fully saturated rings. The topological polar surface area (TPSA) is 3.24 Å². The molecule has 0 bridgehead atoms. The second kappa shape index (κ2) is 2.49. The highest BCUT2D eigenvalue weighted by molar-refractivity contribution is 5.35. The lowest BCUT2D eigenvalue weighted by molar-refractivity contribution is 0.502. The maximum Gasteiger partial charge on any atom is 0.0171 e. The molecular weight excluding hydrogens is 122 g/mol. The zero-order chi connectivity index (χ0) is 7.72. The Morgan fingerprint density at radius 3 is 2.10 bits per heavy atom. The van der Waals surface area contributed by atoms with Crippen LogP contribution in [0.15, 0.2) is 22.9 Å². The Morgan fingerprint density at radius 1 is 1.30 bits per heavy atom. The summed E-state index contributed by atoms with van der Waals surface area (Å²) in [6, 6.07) is 0. The Morgan fingerprint density at radius 2 is 1.90 bits per heavy atom. The van der Waals surface area contributed by atoms with Gasteiger partial charge in [-0.05, 0) is 19.9 Å². The first-order valence-corrected chi connectivity index (χ1v) is 3.65. The standard InChI is InChI=1S/C9H15N/c1-7-5-9(10(3)4)6-8(7)2/h5H,6H2,1-4H3. The average Bonchev–Trinajstić information content (AvgIpc) is 2.13. The highest BCUT2D eigenvalue weighted by Gasteiger charge is 2.09. The van der Waals surface area contributed by atoms with E-state index in [0.717, 1.165) is 6.42 Å². The Bertz CT molecular complexity index is 197. The van der Waals surface area contributed by atoms with E-state index in [9.17, 15) is 0 Å². The molecule has 0 saturated heterocycles. The minimum Gasteiger partial charge on any atom is -0.381 e. The van der Waals surface area contributed by atoms with Gasteiger partial charge in [-0.1, -0.05) is 11.1 Å². The van der Waals surface area contributed by atoms with Crippen molar-refractivity contribution in [2.75, 3.05) is 14.1 Å². The summed E-state index contributed by atoms with van der Waals surface area (Å²) in [4.78, 5) is 2.18. The Balaban J connectivity index is 2.70. The Hall–Kier alpha value is -0.720. The molecule has 0 spiro atoms. The second-order valence-electron chi connectivity index (χ2n) is 3.17. The van der Waals surface area contributed by atoms with E-state index in [-0.39, 0.29) is 0 Å². The lowest BCUT2D eigenvalue weighted by Gasteiger charge is -2.13. The van der Waals surface area contributed by atoms with Crippen LogP contribution in [0.4, 0.5) is 0 Å². The molecule has 0 radical (unpaired) electrons. The van der Waals surface area contributed by atoms with Crippen molar-refractivity contribution in [3.63, 3.8) is 0 Å². The van der Waals surface area contributed by atoms with Gasteiger partial charge in [-0.2, -0.15) is 0 Å². The third-order valence-electron chi connectivity index (χ3n) is 2.08. The first kappa shape index (κ1) is 7.39. The van der Waals surface area contributed by atoms with E-state index >= 15 is 0 Å². The Kier molecular flexibility index (Phi) is 1.84. The lowest BCUT2D eigenvalue weighted by atomic mass is 10.2. The van der Waals surface area contributed by atoms with Gasteiger partial charge in [0.05, 0.1) is 0 Å². The van der Waals surface area contributed by atoms with Crippen LogP contribution in [-0.2, 0) is 0 Å². The number of hydrogen-bond acceptors (Lipinski definition) is 1. The second-order valence-corrected chi connectivity index (χ2v) is 3.17. The summed E-state index contributed by atoms with van der Waals surface area (Å²) >= 11 is 0. The van der Waals surface area contributed by atoms with Gasteiger partial charge in [0.2, 0.25) is 0 Å². The van der Waals surface area contributed by atoms with Crippen LogP contribution in [0.5, 0.6) is 0 Å². The molecule has 0 N–H and O–H groups in total. The zero-order valence-electron chi connectivity index (χ0n) is 7.23. The van der Waals surface area contributed by atoms with Crippen LogP contribution in [0.3, 0.4) is 0 Å². The SMILES string of the molecule is CC1=C(C)CC(N(C)C)=C1. The molecular formula is C9H15N. The monoisotopic (exact) mass is 137 g/mol. The molecule has 0 heterocycles. The van der Waals surface area contributed by atoms with Crippen molar-refractivity contribution in [3.8, 4) is 0 Å². The predicted molar refractivity (Wildman–Crippen MR) is 44.8 cm³/mol. The van der Waals surface area contributed by atoms with Gasteiger partial charge in [0.15, 0.2) is 0 Å². The van der Waals surface area contributed by atoms with Crippen LogP contribution >= 0.6 is 0 Å². The van der Waals surface area contributed by atoms with E-state index in [2.05, 4.69) is 38.9 Å². The molecule has 10 heavy (non-hydrogen) atoms. The molecule has 0 aliphatic heterocycles. The van der Waals surface area contributed by atoms with E-state index in [1.54, 1.807) is 0 Å². The van der Waals surface area contributed by atoms with E-state index < -0.39 is 0 Å². The van der Waals surface area contributed by atoms with Crippen LogP contribution < -0.4 is 0 Å². The molecule has 0 aromatic heterocycles. The van der Waals surface area contributed by atoms with Gasteiger partial charge in [-0.3, -0.25) is 0 Å². The molecule has 1 aliphatic rings. The van der Waals surface area contributed by atoms with Crippen LogP contribution in [0.2, 0.25) is 0 Å². The molecule has 0 saturated carbocycles. The molecule has 1 aliphatic carbocycles. The van der Waals surface area contributed by atoms with Gasteiger partial charge >= 0.3 is 0 Å². The molecule has 0 amide bonds. The van der Waals surface area contributed by atoms with Crippen molar-refractivity contribution in [3.05, 3.63) is 22.9 Å². The number of rotatable bonds is 1. The van der Waals surface area contributed by atoms with E-state index in [4.69, 9.17) is 0 Å². The summed E-state index contributed by atoms with van der Waals surface area (Å²) in [6.45, 7) is 4.37. The first-order valence-electron chi connectivity index (χ1n) is 3.65. The third kappa shape index (κ3) is 1.23. The Labute approximate surface area is 63.0 Å². The quantitative estimate of drug-likeness (QED) is 0.535. The van der Waals surface area contributed by atoms with Gasteiger partial charge in [0, 0.05) is 26.2 Å². The molecule has 0 aromatic carbocycles. The van der Waals surface area contributed by atoms with Crippen LogP contribution in [0.25, 0.3) is 0 Å². The summed E-state index contributed by atoms with van der Waals surface area (Å²) in [5.41, 5.74) is 4.36. The summed E-state index contributed by atoms with van der Waals surface area (Å²) in [7, 11) is 4.19. The summed E-state index contributed by atoms with van der Waals surface area (Å²) in [6.07, 6.45) is 3.40. The van der Waals surface area contributed by atoms with Crippen molar-refractivity contribution >= 4 is 0 Å². The average molecular weight is 137 g/mol. The summed E-state index contributed by atoms with van der Waals surface area (Å²) in [5.74, 6) is 0. The van der Waals surface area contributed by atoms with Crippen LogP contribution in [0, 0.1) is 0 Å².